The van der Waals surface area contributed by atoms with E-state index in [4.69, 9.17) is 4.74 Å². The van der Waals surface area contributed by atoms with Gasteiger partial charge in [0.1, 0.15) is 5.75 Å². The summed E-state index contributed by atoms with van der Waals surface area (Å²) in [5.74, 6) is 1.08. The van der Waals surface area contributed by atoms with Crippen molar-refractivity contribution in [2.45, 2.75) is 58.1 Å². The molecule has 2 heteroatoms. The van der Waals surface area contributed by atoms with Gasteiger partial charge in [0.2, 0.25) is 0 Å². The first-order valence-corrected chi connectivity index (χ1v) is 7.34. The molecule has 0 aromatic heterocycles. The zero-order chi connectivity index (χ0) is 12.8. The van der Waals surface area contributed by atoms with Crippen LogP contribution in [0.3, 0.4) is 0 Å². The van der Waals surface area contributed by atoms with Crippen LogP contribution in [-0.4, -0.2) is 12.6 Å². The average molecular weight is 247 g/mol. The van der Waals surface area contributed by atoms with Crippen molar-refractivity contribution in [1.29, 1.82) is 0 Å². The summed E-state index contributed by atoms with van der Waals surface area (Å²) in [5, 5.41) is 3.61. The normalized spacial score (nSPS) is 17.2. The third kappa shape index (κ3) is 3.26. The Morgan fingerprint density at radius 1 is 1.28 bits per heavy atom. The lowest BCUT2D eigenvalue weighted by molar-refractivity contribution is 0.118. The van der Waals surface area contributed by atoms with Crippen molar-refractivity contribution < 1.29 is 4.74 Å². The maximum atomic E-state index is 6.10. The second kappa shape index (κ2) is 6.79. The van der Waals surface area contributed by atoms with Crippen LogP contribution in [0.1, 0.15) is 57.6 Å². The predicted octanol–water partition coefficient (Wildman–Crippen LogP) is 4.07. The van der Waals surface area contributed by atoms with Crippen LogP contribution in [0.5, 0.6) is 5.75 Å². The molecule has 1 aliphatic carbocycles. The van der Waals surface area contributed by atoms with E-state index in [1.807, 2.05) is 0 Å². The van der Waals surface area contributed by atoms with Crippen LogP contribution in [0.4, 0.5) is 0 Å². The molecular weight excluding hydrogens is 222 g/mol. The van der Waals surface area contributed by atoms with E-state index >= 15 is 0 Å². The first kappa shape index (κ1) is 13.4. The lowest BCUT2D eigenvalue weighted by Gasteiger charge is -2.29. The fourth-order valence-electron chi connectivity index (χ4n) is 2.34. The quantitative estimate of drug-likeness (QED) is 0.784. The van der Waals surface area contributed by atoms with E-state index in [0.29, 0.717) is 12.1 Å². The average Bonchev–Trinajstić information content (AvgIpc) is 2.36. The first-order chi connectivity index (χ1) is 8.85. The van der Waals surface area contributed by atoms with Crippen molar-refractivity contribution in [2.24, 2.45) is 0 Å². The fourth-order valence-corrected chi connectivity index (χ4v) is 2.34. The van der Waals surface area contributed by atoms with Crippen LogP contribution in [0, 0.1) is 0 Å². The molecule has 0 spiro atoms. The molecule has 0 radical (unpaired) electrons. The molecule has 1 aromatic rings. The highest BCUT2D eigenvalue weighted by Crippen LogP contribution is 2.31. The lowest BCUT2D eigenvalue weighted by Crippen LogP contribution is -2.27. The first-order valence-electron chi connectivity index (χ1n) is 7.34. The van der Waals surface area contributed by atoms with Crippen molar-refractivity contribution in [3.8, 4) is 5.75 Å². The van der Waals surface area contributed by atoms with Crippen LogP contribution in [0.25, 0.3) is 0 Å². The Hall–Kier alpha value is -1.02. The van der Waals surface area contributed by atoms with Crippen LogP contribution >= 0.6 is 0 Å². The highest BCUT2D eigenvalue weighted by molar-refractivity contribution is 5.36. The van der Waals surface area contributed by atoms with Gasteiger partial charge in [0.25, 0.3) is 0 Å². The van der Waals surface area contributed by atoms with Crippen molar-refractivity contribution >= 4 is 0 Å². The van der Waals surface area contributed by atoms with E-state index in [9.17, 15) is 0 Å². The number of benzene rings is 1. The van der Waals surface area contributed by atoms with Gasteiger partial charge < -0.3 is 10.1 Å². The number of para-hydroxylation sites is 1. The SMILES string of the molecule is CCCNC(CC)c1ccccc1OC1CCC1. The van der Waals surface area contributed by atoms with E-state index in [2.05, 4.69) is 43.4 Å². The van der Waals surface area contributed by atoms with E-state index in [1.54, 1.807) is 0 Å². The third-order valence-electron chi connectivity index (χ3n) is 3.69. The third-order valence-corrected chi connectivity index (χ3v) is 3.69. The minimum atomic E-state index is 0.418. The van der Waals surface area contributed by atoms with Crippen LogP contribution in [-0.2, 0) is 0 Å². The van der Waals surface area contributed by atoms with Crippen LogP contribution in [0.15, 0.2) is 24.3 Å². The molecule has 1 aliphatic rings. The van der Waals surface area contributed by atoms with Gasteiger partial charge in [-0.25, -0.2) is 0 Å². The summed E-state index contributed by atoms with van der Waals surface area (Å²) in [6.45, 7) is 5.50. The molecule has 1 N–H and O–H groups in total. The standard InChI is InChI=1S/C16H25NO/c1-3-12-17-15(4-2)14-10-5-6-11-16(14)18-13-8-7-9-13/h5-6,10-11,13,15,17H,3-4,7-9,12H2,1-2H3. The zero-order valence-corrected chi connectivity index (χ0v) is 11.6. The zero-order valence-electron chi connectivity index (χ0n) is 11.6. The van der Waals surface area contributed by atoms with Crippen LogP contribution in [0.2, 0.25) is 0 Å². The van der Waals surface area contributed by atoms with Gasteiger partial charge in [-0.2, -0.15) is 0 Å². The fraction of sp³-hybridized carbons (Fsp3) is 0.625. The summed E-state index contributed by atoms with van der Waals surface area (Å²) in [7, 11) is 0. The second-order valence-corrected chi connectivity index (χ2v) is 5.12. The molecular formula is C16H25NO. The minimum Gasteiger partial charge on any atom is -0.490 e. The lowest BCUT2D eigenvalue weighted by atomic mass is 9.95. The van der Waals surface area contributed by atoms with E-state index in [1.165, 1.54) is 31.2 Å². The molecule has 0 amide bonds. The second-order valence-electron chi connectivity index (χ2n) is 5.12. The molecule has 1 atom stereocenters. The summed E-state index contributed by atoms with van der Waals surface area (Å²) in [5.41, 5.74) is 1.32. The van der Waals surface area contributed by atoms with Gasteiger partial charge in [0.05, 0.1) is 6.10 Å². The highest BCUT2D eigenvalue weighted by atomic mass is 16.5. The number of nitrogens with one attached hydrogen (secondary N) is 1. The summed E-state index contributed by atoms with van der Waals surface area (Å²) >= 11 is 0. The number of hydrogen-bond acceptors (Lipinski definition) is 2. The van der Waals surface area contributed by atoms with E-state index < -0.39 is 0 Å². The molecule has 100 valence electrons. The Bertz CT molecular complexity index is 360. The van der Waals surface area contributed by atoms with Gasteiger partial charge >= 0.3 is 0 Å². The topological polar surface area (TPSA) is 21.3 Å². The molecule has 0 saturated heterocycles. The molecule has 1 saturated carbocycles. The van der Waals surface area contributed by atoms with E-state index in [0.717, 1.165) is 18.7 Å². The van der Waals surface area contributed by atoms with Crippen molar-refractivity contribution in [3.63, 3.8) is 0 Å². The molecule has 0 bridgehead atoms. The van der Waals surface area contributed by atoms with Crippen molar-refractivity contribution in [1.82, 2.24) is 5.32 Å². The maximum Gasteiger partial charge on any atom is 0.124 e. The molecule has 0 heterocycles. The Morgan fingerprint density at radius 3 is 2.67 bits per heavy atom. The predicted molar refractivity (Wildman–Crippen MR) is 76.0 cm³/mol. The van der Waals surface area contributed by atoms with Gasteiger partial charge in [-0.15, -0.1) is 0 Å². The molecule has 2 rings (SSSR count). The molecule has 18 heavy (non-hydrogen) atoms. The minimum absolute atomic E-state index is 0.418. The molecule has 1 aromatic carbocycles. The molecule has 1 fully saturated rings. The Kier molecular flexibility index (Phi) is 5.06. The van der Waals surface area contributed by atoms with Crippen molar-refractivity contribution in [2.75, 3.05) is 6.54 Å². The maximum absolute atomic E-state index is 6.10. The van der Waals surface area contributed by atoms with Gasteiger partial charge in [-0.3, -0.25) is 0 Å². The summed E-state index contributed by atoms with van der Waals surface area (Å²) in [6.07, 6.45) is 6.47. The molecule has 0 aliphatic heterocycles. The molecule has 2 nitrogen and oxygen atoms in total. The Morgan fingerprint density at radius 2 is 2.06 bits per heavy atom. The number of ether oxygens (including phenoxy) is 1. The molecule has 1 unspecified atom stereocenters. The van der Waals surface area contributed by atoms with Crippen molar-refractivity contribution in [3.05, 3.63) is 29.8 Å². The summed E-state index contributed by atoms with van der Waals surface area (Å²) in [6, 6.07) is 8.92. The smallest absolute Gasteiger partial charge is 0.124 e. The number of rotatable bonds is 7. The van der Waals surface area contributed by atoms with Gasteiger partial charge in [0, 0.05) is 11.6 Å². The van der Waals surface area contributed by atoms with Crippen LogP contribution < -0.4 is 10.1 Å². The van der Waals surface area contributed by atoms with Gasteiger partial charge in [-0.05, 0) is 44.7 Å². The Balaban J connectivity index is 2.08. The summed E-state index contributed by atoms with van der Waals surface area (Å²) in [4.78, 5) is 0. The monoisotopic (exact) mass is 247 g/mol. The highest BCUT2D eigenvalue weighted by Gasteiger charge is 2.21. The summed E-state index contributed by atoms with van der Waals surface area (Å²) < 4.78 is 6.10. The van der Waals surface area contributed by atoms with Gasteiger partial charge in [0.15, 0.2) is 0 Å². The number of hydrogen-bond donors (Lipinski definition) is 1. The largest absolute Gasteiger partial charge is 0.490 e. The Labute approximate surface area is 111 Å². The van der Waals surface area contributed by atoms with E-state index in [-0.39, 0.29) is 0 Å². The van der Waals surface area contributed by atoms with Gasteiger partial charge in [-0.1, -0.05) is 32.0 Å².